The van der Waals surface area contributed by atoms with Crippen molar-refractivity contribution in [2.24, 2.45) is 0 Å². The Hall–Kier alpha value is -5.00. The van der Waals surface area contributed by atoms with Gasteiger partial charge >= 0.3 is 0 Å². The van der Waals surface area contributed by atoms with E-state index in [1.54, 1.807) is 0 Å². The van der Waals surface area contributed by atoms with Crippen LogP contribution in [0, 0.1) is 0 Å². The van der Waals surface area contributed by atoms with Gasteiger partial charge in [0.25, 0.3) is 0 Å². The largest absolute Gasteiger partial charge is 0.309 e. The van der Waals surface area contributed by atoms with Gasteiger partial charge < -0.3 is 9.13 Å². The van der Waals surface area contributed by atoms with Crippen molar-refractivity contribution in [3.8, 4) is 5.69 Å². The van der Waals surface area contributed by atoms with Crippen LogP contribution in [0.2, 0.25) is 0 Å². The van der Waals surface area contributed by atoms with E-state index in [9.17, 15) is 0 Å². The zero-order valence-corrected chi connectivity index (χ0v) is 26.9. The second kappa shape index (κ2) is 12.1. The van der Waals surface area contributed by atoms with Gasteiger partial charge in [0.05, 0.1) is 11.0 Å². The summed E-state index contributed by atoms with van der Waals surface area (Å²) in [5, 5.41) is 8.56. The number of para-hydroxylation sites is 2. The number of rotatable bonds is 7. The minimum absolute atomic E-state index is 0.829. The lowest BCUT2D eigenvalue weighted by Gasteiger charge is -2.25. The molecule has 0 aliphatic heterocycles. The third-order valence-electron chi connectivity index (χ3n) is 8.62. The number of nitrogens with zero attached hydrogens (tertiary/aromatic N) is 1. The van der Waals surface area contributed by atoms with E-state index < -0.39 is 15.1 Å². The Labute approximate surface area is 270 Å². The Morgan fingerprint density at radius 3 is 1.28 bits per heavy atom. The smallest absolute Gasteiger partial charge is 0.171 e. The van der Waals surface area contributed by atoms with Gasteiger partial charge in [0.2, 0.25) is 0 Å². The van der Waals surface area contributed by atoms with Crippen LogP contribution in [0.25, 0.3) is 27.5 Å². The SMILES string of the molecule is O=P(c1ccccc1)(c1ccccc1)c1cc(-n2c3ccccc3c3ccccc32)cc(P(c2ccccc2)c2ccccc2)c1. The van der Waals surface area contributed by atoms with Gasteiger partial charge in [0, 0.05) is 32.4 Å². The molecule has 0 N–H and O–H groups in total. The summed E-state index contributed by atoms with van der Waals surface area (Å²) in [7, 11) is -4.24. The molecule has 0 aliphatic rings. The lowest BCUT2D eigenvalue weighted by atomic mass is 10.2. The van der Waals surface area contributed by atoms with Crippen molar-refractivity contribution in [2.45, 2.75) is 0 Å². The first-order valence-corrected chi connectivity index (χ1v) is 18.5. The van der Waals surface area contributed by atoms with Crippen molar-refractivity contribution in [3.05, 3.63) is 188 Å². The van der Waals surface area contributed by atoms with Gasteiger partial charge in [0.15, 0.2) is 7.14 Å². The summed E-state index contributed by atoms with van der Waals surface area (Å²) < 4.78 is 18.3. The van der Waals surface area contributed by atoms with Crippen LogP contribution < -0.4 is 31.8 Å². The number of benzene rings is 7. The van der Waals surface area contributed by atoms with Crippen molar-refractivity contribution in [3.63, 3.8) is 0 Å². The second-order valence-corrected chi connectivity index (χ2v) is 16.4. The third kappa shape index (κ3) is 4.92. The fraction of sp³-hybridized carbons (Fsp3) is 0. The first-order valence-electron chi connectivity index (χ1n) is 15.5. The summed E-state index contributed by atoms with van der Waals surface area (Å²) in [6, 6.07) is 65.4. The molecule has 7 aromatic carbocycles. The molecule has 0 amide bonds. The van der Waals surface area contributed by atoms with E-state index in [-0.39, 0.29) is 0 Å². The fourth-order valence-corrected chi connectivity index (χ4v) is 11.7. The molecule has 0 saturated heterocycles. The Balaban J connectivity index is 1.49. The third-order valence-corrected chi connectivity index (χ3v) is 14.1. The van der Waals surface area contributed by atoms with Crippen LogP contribution in [0.3, 0.4) is 0 Å². The Bertz CT molecular complexity index is 2200. The zero-order chi connectivity index (χ0) is 30.9. The first kappa shape index (κ1) is 28.5. The average molecular weight is 628 g/mol. The molecule has 0 radical (unpaired) electrons. The highest BCUT2D eigenvalue weighted by atomic mass is 31.2. The van der Waals surface area contributed by atoms with E-state index >= 15 is 4.57 Å². The predicted octanol–water partition coefficient (Wildman–Crippen LogP) is 8.18. The van der Waals surface area contributed by atoms with Crippen molar-refractivity contribution in [1.82, 2.24) is 4.57 Å². The zero-order valence-electron chi connectivity index (χ0n) is 25.1. The molecule has 0 unspecified atom stereocenters. The number of fused-ring (bicyclic) bond motifs is 3. The van der Waals surface area contributed by atoms with Gasteiger partial charge in [-0.05, 0) is 54.2 Å². The molecule has 8 aromatic rings. The second-order valence-electron chi connectivity index (χ2n) is 11.4. The molecule has 220 valence electrons. The molecule has 0 atom stereocenters. The normalized spacial score (nSPS) is 11.8. The van der Waals surface area contributed by atoms with E-state index in [1.807, 2.05) is 60.7 Å². The highest BCUT2D eigenvalue weighted by molar-refractivity contribution is 7.85. The molecule has 46 heavy (non-hydrogen) atoms. The van der Waals surface area contributed by atoms with Gasteiger partial charge in [0.1, 0.15) is 0 Å². The molecule has 0 saturated carbocycles. The van der Waals surface area contributed by atoms with Crippen molar-refractivity contribution >= 4 is 68.7 Å². The molecule has 0 spiro atoms. The van der Waals surface area contributed by atoms with Crippen LogP contribution in [0.15, 0.2) is 188 Å². The van der Waals surface area contributed by atoms with E-state index in [2.05, 4.69) is 132 Å². The van der Waals surface area contributed by atoms with Crippen LogP contribution in [-0.4, -0.2) is 4.57 Å². The fourth-order valence-electron chi connectivity index (χ4n) is 6.54. The Kier molecular flexibility index (Phi) is 7.47. The highest BCUT2D eigenvalue weighted by Crippen LogP contribution is 2.44. The topological polar surface area (TPSA) is 22.0 Å². The van der Waals surface area contributed by atoms with E-state index in [0.29, 0.717) is 0 Å². The van der Waals surface area contributed by atoms with Crippen LogP contribution in [0.4, 0.5) is 0 Å². The maximum absolute atomic E-state index is 15.9. The lowest BCUT2D eigenvalue weighted by molar-refractivity contribution is 0.592. The maximum Gasteiger partial charge on any atom is 0.171 e. The number of hydrogen-bond acceptors (Lipinski definition) is 1. The van der Waals surface area contributed by atoms with Crippen molar-refractivity contribution in [1.29, 1.82) is 0 Å². The molecular weight excluding hydrogens is 596 g/mol. The predicted molar refractivity (Wildman–Crippen MR) is 199 cm³/mol. The molecule has 0 bridgehead atoms. The van der Waals surface area contributed by atoms with E-state index in [1.165, 1.54) is 21.4 Å². The van der Waals surface area contributed by atoms with Crippen molar-refractivity contribution in [2.75, 3.05) is 0 Å². The molecular formula is C42H31NOP2. The minimum atomic E-state index is -3.28. The van der Waals surface area contributed by atoms with Gasteiger partial charge in [-0.1, -0.05) is 158 Å². The summed E-state index contributed by atoms with van der Waals surface area (Å²) >= 11 is 0. The standard InChI is InChI=1S/C42H31NOP2/c44-46(36-21-9-3-10-22-36,37-23-11-4-12-24-37)38-30-32(43-41-27-15-13-25-39(41)40-26-14-16-28-42(40)43)29-35(31-38)45(33-17-5-1-6-18-33)34-19-7-2-8-20-34/h1-31H. The Morgan fingerprint density at radius 1 is 0.391 bits per heavy atom. The summed E-state index contributed by atoms with van der Waals surface area (Å²) in [5.41, 5.74) is 3.27. The summed E-state index contributed by atoms with van der Waals surface area (Å²) in [6.07, 6.45) is 0. The van der Waals surface area contributed by atoms with Gasteiger partial charge in [-0.15, -0.1) is 0 Å². The highest BCUT2D eigenvalue weighted by Gasteiger charge is 2.32. The van der Waals surface area contributed by atoms with Gasteiger partial charge in [-0.2, -0.15) is 0 Å². The van der Waals surface area contributed by atoms with Crippen LogP contribution in [0.5, 0.6) is 0 Å². The minimum Gasteiger partial charge on any atom is -0.309 e. The average Bonchev–Trinajstić information content (AvgIpc) is 3.47. The molecule has 0 fully saturated rings. The number of aromatic nitrogens is 1. The molecule has 0 aliphatic carbocycles. The summed E-state index contributed by atoms with van der Waals surface area (Å²) in [5.74, 6) is 0. The summed E-state index contributed by atoms with van der Waals surface area (Å²) in [4.78, 5) is 0. The first-order chi connectivity index (χ1) is 22.7. The van der Waals surface area contributed by atoms with Gasteiger partial charge in [-0.3, -0.25) is 0 Å². The molecule has 4 heteroatoms. The molecule has 2 nitrogen and oxygen atoms in total. The van der Waals surface area contributed by atoms with Crippen LogP contribution in [-0.2, 0) is 4.57 Å². The van der Waals surface area contributed by atoms with Gasteiger partial charge in [-0.25, -0.2) is 0 Å². The number of hydrogen-bond donors (Lipinski definition) is 0. The lowest BCUT2D eigenvalue weighted by Crippen LogP contribution is -2.29. The summed E-state index contributed by atoms with van der Waals surface area (Å²) in [6.45, 7) is 0. The van der Waals surface area contributed by atoms with Crippen LogP contribution in [0.1, 0.15) is 0 Å². The monoisotopic (exact) mass is 627 g/mol. The maximum atomic E-state index is 15.9. The van der Waals surface area contributed by atoms with Crippen molar-refractivity contribution < 1.29 is 4.57 Å². The molecule has 1 aromatic heterocycles. The molecule has 8 rings (SSSR count). The Morgan fingerprint density at radius 2 is 0.804 bits per heavy atom. The van der Waals surface area contributed by atoms with E-state index in [0.717, 1.165) is 37.9 Å². The molecule has 1 heterocycles. The quantitative estimate of drug-likeness (QED) is 0.163. The van der Waals surface area contributed by atoms with E-state index in [4.69, 9.17) is 0 Å². The van der Waals surface area contributed by atoms with Crippen LogP contribution >= 0.6 is 15.1 Å².